The smallest absolute Gasteiger partial charge is 0.276 e. The van der Waals surface area contributed by atoms with Crippen molar-refractivity contribution in [2.45, 2.75) is 49.7 Å². The Labute approximate surface area is 215 Å². The number of oxime groups is 1. The van der Waals surface area contributed by atoms with Crippen molar-refractivity contribution in [2.75, 3.05) is 11.5 Å². The van der Waals surface area contributed by atoms with Gasteiger partial charge >= 0.3 is 0 Å². The van der Waals surface area contributed by atoms with Crippen LogP contribution in [0.1, 0.15) is 31.4 Å². The van der Waals surface area contributed by atoms with E-state index in [4.69, 9.17) is 10.6 Å². The van der Waals surface area contributed by atoms with Crippen LogP contribution >= 0.6 is 23.1 Å². The van der Waals surface area contributed by atoms with Crippen LogP contribution in [-0.2, 0) is 25.8 Å². The number of thiazole rings is 1. The Balaban J connectivity index is 1.33. The molecule has 1 saturated carbocycles. The number of carbonyl (C=O) groups excluding carboxylic acids is 3. The van der Waals surface area contributed by atoms with Gasteiger partial charge in [-0.1, -0.05) is 11.2 Å². The number of thioether (sulfide) groups is 1. The molecule has 2 fully saturated rings. The van der Waals surface area contributed by atoms with Crippen LogP contribution in [0.2, 0.25) is 0 Å². The number of nitrogens with zero attached hydrogens (tertiary/aromatic N) is 4. The van der Waals surface area contributed by atoms with E-state index in [-0.39, 0.29) is 28.3 Å². The molecule has 5 rings (SSSR count). The first-order valence-electron chi connectivity index (χ1n) is 11.5. The summed E-state index contributed by atoms with van der Waals surface area (Å²) in [6, 6.07) is 4.61. The second kappa shape index (κ2) is 10.3. The first-order valence-corrected chi connectivity index (χ1v) is 13.4. The molecule has 3 N–H and O–H groups in total. The average Bonchev–Trinajstić information content (AvgIpc) is 3.55. The van der Waals surface area contributed by atoms with E-state index in [0.717, 1.165) is 37.0 Å². The summed E-state index contributed by atoms with van der Waals surface area (Å²) < 4.78 is 1.83. The number of aliphatic carboxylic acids is 1. The van der Waals surface area contributed by atoms with Gasteiger partial charge in [0.15, 0.2) is 29.8 Å². The molecule has 0 bridgehead atoms. The number of aromatic nitrogens is 2. The van der Waals surface area contributed by atoms with Crippen molar-refractivity contribution in [3.8, 4) is 0 Å². The van der Waals surface area contributed by atoms with E-state index in [2.05, 4.69) is 15.5 Å². The number of carboxylic acid groups (broad SMARTS) is 1. The van der Waals surface area contributed by atoms with Crippen molar-refractivity contribution in [3.63, 3.8) is 0 Å². The molecule has 0 aromatic carbocycles. The van der Waals surface area contributed by atoms with E-state index >= 15 is 0 Å². The molecule has 36 heavy (non-hydrogen) atoms. The van der Waals surface area contributed by atoms with Crippen LogP contribution in [-0.4, -0.2) is 56.7 Å². The van der Waals surface area contributed by atoms with E-state index < -0.39 is 29.2 Å². The predicted octanol–water partition coefficient (Wildman–Crippen LogP) is -0.220. The number of hydrogen-bond donors (Lipinski definition) is 2. The molecule has 0 spiro atoms. The summed E-state index contributed by atoms with van der Waals surface area (Å²) in [7, 11) is 0. The number of carboxylic acids is 1. The summed E-state index contributed by atoms with van der Waals surface area (Å²) in [5, 5.41) is 20.1. The lowest BCUT2D eigenvalue weighted by Gasteiger charge is -2.50. The number of anilines is 1. The van der Waals surface area contributed by atoms with Crippen LogP contribution < -0.4 is 20.7 Å². The summed E-state index contributed by atoms with van der Waals surface area (Å²) >= 11 is 2.54. The van der Waals surface area contributed by atoms with E-state index in [1.807, 2.05) is 35.2 Å². The zero-order valence-corrected chi connectivity index (χ0v) is 20.8. The fourth-order valence-corrected chi connectivity index (χ4v) is 6.37. The summed E-state index contributed by atoms with van der Waals surface area (Å²) in [5.41, 5.74) is 6.35. The Bertz CT molecular complexity index is 1240. The highest BCUT2D eigenvalue weighted by atomic mass is 32.2. The fourth-order valence-electron chi connectivity index (χ4n) is 4.48. The normalized spacial score (nSPS) is 22.3. The van der Waals surface area contributed by atoms with Crippen LogP contribution in [0.25, 0.3) is 0 Å². The van der Waals surface area contributed by atoms with Gasteiger partial charge in [0.05, 0.1) is 11.7 Å². The molecular weight excluding hydrogens is 504 g/mol. The van der Waals surface area contributed by atoms with E-state index in [0.29, 0.717) is 17.9 Å². The van der Waals surface area contributed by atoms with E-state index in [1.165, 1.54) is 16.7 Å². The van der Waals surface area contributed by atoms with Gasteiger partial charge in [-0.15, -0.1) is 23.1 Å². The van der Waals surface area contributed by atoms with Gasteiger partial charge in [-0.05, 0) is 25.7 Å². The molecule has 0 radical (unpaired) electrons. The number of amides is 2. The third-order valence-corrected chi connectivity index (χ3v) is 8.27. The van der Waals surface area contributed by atoms with Crippen molar-refractivity contribution in [1.29, 1.82) is 0 Å². The predicted molar refractivity (Wildman–Crippen MR) is 130 cm³/mol. The molecule has 1 saturated heterocycles. The number of nitrogen functional groups attached to an aromatic ring is 1. The molecule has 2 aromatic heterocycles. The maximum absolute atomic E-state index is 13.2. The maximum atomic E-state index is 13.2. The largest absolute Gasteiger partial charge is 0.543 e. The molecular formula is C23H24N6O5S2. The Morgan fingerprint density at radius 1 is 1.28 bits per heavy atom. The van der Waals surface area contributed by atoms with Gasteiger partial charge in [-0.25, -0.2) is 9.55 Å². The molecule has 2 atom stereocenters. The van der Waals surface area contributed by atoms with Crippen molar-refractivity contribution in [1.82, 2.24) is 15.2 Å². The molecule has 2 aliphatic heterocycles. The minimum Gasteiger partial charge on any atom is -0.543 e. The minimum atomic E-state index is -1.42. The zero-order chi connectivity index (χ0) is 25.2. The fraction of sp³-hybridized carbons (Fsp3) is 0.391. The summed E-state index contributed by atoms with van der Waals surface area (Å²) in [5.74, 6) is -2.21. The lowest BCUT2D eigenvalue weighted by molar-refractivity contribution is -0.689. The Morgan fingerprint density at radius 3 is 2.69 bits per heavy atom. The van der Waals surface area contributed by atoms with Gasteiger partial charge in [0, 0.05) is 28.8 Å². The highest BCUT2D eigenvalue weighted by Gasteiger charge is 2.53. The zero-order valence-electron chi connectivity index (χ0n) is 19.2. The second-order valence-electron chi connectivity index (χ2n) is 8.67. The van der Waals surface area contributed by atoms with Gasteiger partial charge in [-0.2, -0.15) is 0 Å². The topological polar surface area (TPSA) is 154 Å². The molecule has 1 unspecified atom stereocenters. The van der Waals surface area contributed by atoms with Crippen molar-refractivity contribution < 1.29 is 28.9 Å². The molecule has 4 heterocycles. The highest BCUT2D eigenvalue weighted by molar-refractivity contribution is 8.00. The van der Waals surface area contributed by atoms with Gasteiger partial charge in [-0.3, -0.25) is 14.5 Å². The van der Waals surface area contributed by atoms with Crippen molar-refractivity contribution >= 4 is 51.7 Å². The van der Waals surface area contributed by atoms with Gasteiger partial charge in [0.2, 0.25) is 0 Å². The van der Waals surface area contributed by atoms with Crippen LogP contribution in [0.4, 0.5) is 5.13 Å². The number of hydrogen-bond acceptors (Lipinski definition) is 10. The third-order valence-electron chi connectivity index (χ3n) is 6.25. The Hall–Kier alpha value is -3.45. The first kappa shape index (κ1) is 24.3. The summed E-state index contributed by atoms with van der Waals surface area (Å²) in [6.45, 7) is 0.311. The van der Waals surface area contributed by atoms with Gasteiger partial charge < -0.3 is 25.8 Å². The van der Waals surface area contributed by atoms with Crippen molar-refractivity contribution in [2.24, 2.45) is 5.16 Å². The summed E-state index contributed by atoms with van der Waals surface area (Å²) in [6.07, 6.45) is 7.35. The quantitative estimate of drug-likeness (QED) is 0.206. The molecule has 1 aliphatic carbocycles. The second-order valence-corrected chi connectivity index (χ2v) is 10.7. The number of carbonyl (C=O) groups is 3. The lowest BCUT2D eigenvalue weighted by Crippen LogP contribution is -2.71. The minimum absolute atomic E-state index is 0.0706. The molecule has 2 amide bonds. The molecule has 13 heteroatoms. The molecule has 188 valence electrons. The molecule has 11 nitrogen and oxygen atoms in total. The summed E-state index contributed by atoms with van der Waals surface area (Å²) in [4.78, 5) is 49.1. The van der Waals surface area contributed by atoms with Gasteiger partial charge in [0.1, 0.15) is 23.2 Å². The Kier molecular flexibility index (Phi) is 6.92. The first-order chi connectivity index (χ1) is 17.4. The van der Waals surface area contributed by atoms with Crippen molar-refractivity contribution in [3.05, 3.63) is 52.9 Å². The number of β-lactam (4-membered cyclic amide) rings is 1. The third kappa shape index (κ3) is 4.80. The molecule has 2 aromatic rings. The van der Waals surface area contributed by atoms with E-state index in [9.17, 15) is 19.5 Å². The van der Waals surface area contributed by atoms with Crippen LogP contribution in [0.5, 0.6) is 0 Å². The number of rotatable bonds is 8. The van der Waals surface area contributed by atoms with Crippen LogP contribution in [0.3, 0.4) is 0 Å². The highest BCUT2D eigenvalue weighted by Crippen LogP contribution is 2.40. The number of fused-ring (bicyclic) bond motifs is 1. The van der Waals surface area contributed by atoms with Crippen LogP contribution in [0, 0.1) is 0 Å². The standard InChI is InChI=1S/C23H24N6O5S2/c24-23-25-15(12-36-23)16(27-34-14-6-2-3-7-14)19(30)26-17-20(31)29-18(22(32)33)13(11-35-21(17)29)10-28-8-4-1-5-9-28/h1,4-5,8-9,12,14,17,21H,2-3,6-7,10-11H2,(H3-,24,25,26,30,32,33)/t17?,21-/m0/s1. The average molecular weight is 529 g/mol. The Morgan fingerprint density at radius 2 is 2.03 bits per heavy atom. The number of pyridine rings is 1. The maximum Gasteiger partial charge on any atom is 0.276 e. The van der Waals surface area contributed by atoms with Gasteiger partial charge in [0.25, 0.3) is 11.8 Å². The van der Waals surface area contributed by atoms with E-state index in [1.54, 1.807) is 5.38 Å². The lowest BCUT2D eigenvalue weighted by atomic mass is 10.0. The number of nitrogens with one attached hydrogen (secondary N) is 1. The SMILES string of the molecule is Nc1nc(C(=NOC2CCCC2)C(=O)NC2C(=O)N3C(C(=O)[O-])=C(C[n+]4ccccc4)CS[C@@H]23)cs1. The number of nitrogens with two attached hydrogens (primary N) is 1. The molecule has 3 aliphatic rings. The monoisotopic (exact) mass is 528 g/mol. The van der Waals surface area contributed by atoms with Crippen LogP contribution in [0.15, 0.2) is 52.4 Å².